The lowest BCUT2D eigenvalue weighted by Gasteiger charge is -2.41. The highest BCUT2D eigenvalue weighted by atomic mass is 28.4. The Morgan fingerprint density at radius 1 is 0.489 bits per heavy atom. The van der Waals surface area contributed by atoms with Gasteiger partial charge in [0.05, 0.1) is 16.1 Å². The molecule has 2 unspecified atom stereocenters. The van der Waals surface area contributed by atoms with Gasteiger partial charge >= 0.3 is 0 Å². The molecule has 0 N–H and O–H groups in total. The van der Waals surface area contributed by atoms with Gasteiger partial charge in [-0.1, -0.05) is 162 Å². The summed E-state index contributed by atoms with van der Waals surface area (Å²) < 4.78 is 7.53. The highest BCUT2D eigenvalue weighted by molar-refractivity contribution is 7.29. The fourth-order valence-corrected chi connectivity index (χ4v) is 52.1. The molecular weight excluding hydrogens is 641 g/mol. The van der Waals surface area contributed by atoms with Crippen LogP contribution in [0.15, 0.2) is 70.3 Å². The largest absolute Gasteiger partial charge is 0.456 e. The van der Waals surface area contributed by atoms with Crippen molar-refractivity contribution in [3.05, 3.63) is 81.4 Å². The molecule has 2 aromatic rings. The first-order chi connectivity index (χ1) is 20.3. The zero-order valence-corrected chi connectivity index (χ0v) is 38.0. The minimum atomic E-state index is -1.87. The van der Waals surface area contributed by atoms with Gasteiger partial charge in [-0.15, -0.1) is 0 Å². The molecule has 2 atom stereocenters. The van der Waals surface area contributed by atoms with Gasteiger partial charge in [-0.3, -0.25) is 0 Å². The second-order valence-electron chi connectivity index (χ2n) is 19.7. The second kappa shape index (κ2) is 12.0. The second-order valence-corrected chi connectivity index (χ2v) is 49.1. The van der Waals surface area contributed by atoms with E-state index in [9.17, 15) is 0 Å². The lowest BCUT2D eigenvalue weighted by molar-refractivity contribution is 0.541. The van der Waals surface area contributed by atoms with E-state index in [1.54, 1.807) is 0 Å². The molecule has 2 aromatic carbocycles. The smallest absolute Gasteiger partial charge is 0.173 e. The predicted molar refractivity (Wildman–Crippen MR) is 220 cm³/mol. The Morgan fingerprint density at radius 3 is 1.02 bits per heavy atom. The van der Waals surface area contributed by atoms with E-state index in [0.29, 0.717) is 10.1 Å². The monoisotopic (exact) mass is 706 g/mol. The Labute approximate surface area is 284 Å². The zero-order chi connectivity index (χ0) is 34.1. The maximum atomic E-state index is 7.53. The molecule has 0 radical (unpaired) electrons. The maximum absolute atomic E-state index is 7.53. The lowest BCUT2D eigenvalue weighted by atomic mass is 10.2. The minimum absolute atomic E-state index is 0.342. The van der Waals surface area contributed by atoms with Gasteiger partial charge in [-0.25, -0.2) is 0 Å². The van der Waals surface area contributed by atoms with Gasteiger partial charge in [0.2, 0.25) is 0 Å². The number of benzene rings is 2. The third-order valence-corrected chi connectivity index (χ3v) is 42.0. The average Bonchev–Trinajstić information content (AvgIpc) is 3.76. The summed E-state index contributed by atoms with van der Waals surface area (Å²) in [4.78, 5) is 3.92. The first-order valence-corrected chi connectivity index (χ1v) is 35.3. The molecule has 0 saturated heterocycles. The van der Waals surface area contributed by atoms with Crippen molar-refractivity contribution in [2.75, 3.05) is 0 Å². The van der Waals surface area contributed by atoms with Crippen LogP contribution in [0.25, 0.3) is 10.4 Å². The average molecular weight is 707 g/mol. The summed E-state index contributed by atoms with van der Waals surface area (Å²) in [5.41, 5.74) is 3.04. The van der Waals surface area contributed by atoms with Gasteiger partial charge in [0.15, 0.2) is 16.6 Å². The quantitative estimate of drug-likeness (QED) is 0.200. The van der Waals surface area contributed by atoms with Crippen LogP contribution in [0.1, 0.15) is 52.7 Å². The molecule has 0 aromatic heterocycles. The maximum Gasteiger partial charge on any atom is 0.173 e. The summed E-state index contributed by atoms with van der Waals surface area (Å²) in [7, 11) is -10.1. The molecule has 0 spiro atoms. The first-order valence-electron chi connectivity index (χ1n) is 17.6. The molecule has 248 valence electrons. The molecule has 45 heavy (non-hydrogen) atoms. The Bertz CT molecular complexity index is 1330. The molecule has 2 heterocycles. The van der Waals surface area contributed by atoms with E-state index in [0.717, 1.165) is 0 Å². The van der Waals surface area contributed by atoms with Crippen LogP contribution in [-0.4, -0.2) is 48.9 Å². The van der Waals surface area contributed by atoms with Crippen molar-refractivity contribution in [2.45, 2.75) is 141 Å². The molecule has 0 saturated carbocycles. The molecule has 0 bridgehead atoms. The van der Waals surface area contributed by atoms with Crippen molar-refractivity contribution < 1.29 is 4.12 Å². The van der Waals surface area contributed by atoms with Crippen molar-refractivity contribution in [3.8, 4) is 0 Å². The first kappa shape index (κ1) is 37.0. The van der Waals surface area contributed by atoms with Crippen molar-refractivity contribution in [3.63, 3.8) is 0 Å². The normalized spacial score (nSPS) is 23.1. The van der Waals surface area contributed by atoms with Crippen LogP contribution in [0.5, 0.6) is 0 Å². The summed E-state index contributed by atoms with van der Waals surface area (Å²) in [5.74, 6) is 0. The molecule has 2 aliphatic heterocycles. The standard InChI is InChI=1S/C38H66OSi6/c1-37(2,3)44(33(35(44)40(7,8)9)31-23-19-17-20-24-31)29-27-42(13,14)39-43(15,16)28-30-45(38(4,5)6)34(36(45)41(10,11)12)32-25-21-18-22-26-32/h17-26H,27-30H2,1-16H3. The Morgan fingerprint density at radius 2 is 0.778 bits per heavy atom. The Kier molecular flexibility index (Phi) is 9.83. The molecule has 1 nitrogen and oxygen atoms in total. The van der Waals surface area contributed by atoms with Gasteiger partial charge in [-0.05, 0) is 71.6 Å². The van der Waals surface area contributed by atoms with Crippen LogP contribution >= 0.6 is 0 Å². The molecule has 0 fully saturated rings. The molecular formula is C38H66OSi6. The van der Waals surface area contributed by atoms with Crippen molar-refractivity contribution in [2.24, 2.45) is 0 Å². The topological polar surface area (TPSA) is 9.23 Å². The van der Waals surface area contributed by atoms with E-state index >= 15 is 0 Å². The summed E-state index contributed by atoms with van der Waals surface area (Å²) in [6.45, 7) is 41.2. The van der Waals surface area contributed by atoms with E-state index < -0.39 is 48.9 Å². The van der Waals surface area contributed by atoms with Gasteiger partial charge in [0, 0.05) is 0 Å². The zero-order valence-electron chi connectivity index (χ0n) is 32.0. The van der Waals surface area contributed by atoms with E-state index in [4.69, 9.17) is 4.12 Å². The van der Waals surface area contributed by atoms with Gasteiger partial charge < -0.3 is 4.12 Å². The molecule has 2 aliphatic rings. The van der Waals surface area contributed by atoms with Crippen LogP contribution in [-0.2, 0) is 4.12 Å². The SMILES string of the molecule is CC(C)(C)[Si]1(CC[Si](C)(C)O[Si](C)(C)CC[Si]2(C(C)(C)C)C(c3ccccc3)=C2[Si](C)(C)C)C(c2ccccc2)=C1[Si](C)(C)C. The number of rotatable bonds is 12. The summed E-state index contributed by atoms with van der Waals surface area (Å²) >= 11 is 0. The van der Waals surface area contributed by atoms with E-state index in [2.05, 4.69) is 168 Å². The van der Waals surface area contributed by atoms with Gasteiger partial charge in [-0.2, -0.15) is 0 Å². The molecule has 0 amide bonds. The van der Waals surface area contributed by atoms with Crippen LogP contribution in [0.3, 0.4) is 0 Å². The lowest BCUT2D eigenvalue weighted by Crippen LogP contribution is -2.48. The van der Waals surface area contributed by atoms with Crippen molar-refractivity contribution >= 4 is 59.3 Å². The van der Waals surface area contributed by atoms with E-state index in [1.165, 1.54) is 35.3 Å². The minimum Gasteiger partial charge on any atom is -0.456 e. The fourth-order valence-electron chi connectivity index (χ4n) is 9.24. The summed E-state index contributed by atoms with van der Waals surface area (Å²) in [5, 5.41) is 4.33. The summed E-state index contributed by atoms with van der Waals surface area (Å²) in [6, 6.07) is 28.3. The van der Waals surface area contributed by atoms with Crippen LogP contribution in [0.4, 0.5) is 0 Å². The predicted octanol–water partition coefficient (Wildman–Crippen LogP) is 12.8. The summed E-state index contributed by atoms with van der Waals surface area (Å²) in [6.07, 6.45) is 0. The van der Waals surface area contributed by atoms with Crippen LogP contribution in [0, 0.1) is 0 Å². The third-order valence-electron chi connectivity index (χ3n) is 11.0. The van der Waals surface area contributed by atoms with Crippen LogP contribution in [0.2, 0.25) is 99.7 Å². The van der Waals surface area contributed by atoms with Crippen molar-refractivity contribution in [1.29, 1.82) is 0 Å². The molecule has 0 aliphatic carbocycles. The third kappa shape index (κ3) is 7.15. The number of hydrogen-bond acceptors (Lipinski definition) is 1. The van der Waals surface area contributed by atoms with E-state index in [-0.39, 0.29) is 0 Å². The van der Waals surface area contributed by atoms with Crippen molar-refractivity contribution in [1.82, 2.24) is 0 Å². The number of hydrogen-bond donors (Lipinski definition) is 0. The Balaban J connectivity index is 1.55. The van der Waals surface area contributed by atoms with Gasteiger partial charge in [0.25, 0.3) is 0 Å². The van der Waals surface area contributed by atoms with Crippen LogP contribution < -0.4 is 0 Å². The van der Waals surface area contributed by atoms with Gasteiger partial charge in [0.1, 0.15) is 16.1 Å². The molecule has 7 heteroatoms. The fraction of sp³-hybridized carbons (Fsp3) is 0.579. The Hall–Kier alpha value is -0.819. The highest BCUT2D eigenvalue weighted by Gasteiger charge is 2.66. The van der Waals surface area contributed by atoms with E-state index in [1.807, 2.05) is 20.0 Å². The molecule has 4 rings (SSSR count). The highest BCUT2D eigenvalue weighted by Crippen LogP contribution is 2.67.